The molecular formula is C45H51N5O10. The molecule has 2 heterocycles. The van der Waals surface area contributed by atoms with Gasteiger partial charge in [0.25, 0.3) is 5.91 Å². The average Bonchev–Trinajstić information content (AvgIpc) is 3.54. The van der Waals surface area contributed by atoms with Crippen LogP contribution in [0.1, 0.15) is 61.7 Å². The lowest BCUT2D eigenvalue weighted by molar-refractivity contribution is -0.129. The molecular weight excluding hydrogens is 771 g/mol. The molecule has 0 unspecified atom stereocenters. The summed E-state index contributed by atoms with van der Waals surface area (Å²) in [6, 6.07) is 24.3. The van der Waals surface area contributed by atoms with Crippen LogP contribution in [-0.4, -0.2) is 79.0 Å². The number of carbonyl (C=O) groups is 5. The topological polar surface area (TPSA) is 185 Å². The molecule has 4 aromatic carbocycles. The van der Waals surface area contributed by atoms with Crippen molar-refractivity contribution >= 4 is 47.0 Å². The van der Waals surface area contributed by atoms with E-state index in [2.05, 4.69) is 16.0 Å². The van der Waals surface area contributed by atoms with Crippen LogP contribution in [-0.2, 0) is 38.7 Å². The maximum Gasteiger partial charge on any atom is 0.414 e. The normalized spacial score (nSPS) is 15.4. The Kier molecular flexibility index (Phi) is 13.3. The van der Waals surface area contributed by atoms with Crippen molar-refractivity contribution in [3.05, 3.63) is 113 Å². The van der Waals surface area contributed by atoms with Crippen LogP contribution in [0.2, 0.25) is 0 Å². The largest absolute Gasteiger partial charge is 0.493 e. The Morgan fingerprint density at radius 3 is 2.18 bits per heavy atom. The molecule has 4 N–H and O–H groups in total. The first-order valence-corrected chi connectivity index (χ1v) is 19.7. The van der Waals surface area contributed by atoms with E-state index in [1.54, 1.807) is 75.9 Å². The van der Waals surface area contributed by atoms with Crippen LogP contribution in [0, 0.1) is 5.92 Å². The molecule has 0 aromatic heterocycles. The van der Waals surface area contributed by atoms with E-state index in [1.165, 1.54) is 12.0 Å². The van der Waals surface area contributed by atoms with Gasteiger partial charge in [-0.1, -0.05) is 74.5 Å². The number of nitrogens with zero attached hydrogens (tertiary/aromatic N) is 2. The maximum absolute atomic E-state index is 14.3. The zero-order chi connectivity index (χ0) is 43.1. The van der Waals surface area contributed by atoms with Gasteiger partial charge in [-0.05, 0) is 74.1 Å². The lowest BCUT2D eigenvalue weighted by atomic mass is 10.0. The summed E-state index contributed by atoms with van der Waals surface area (Å²) in [5.74, 6) is -1.29. The van der Waals surface area contributed by atoms with Crippen LogP contribution >= 0.6 is 0 Å². The fraction of sp³-hybridized carbons (Fsp3) is 0.356. The second-order valence-corrected chi connectivity index (χ2v) is 15.9. The predicted octanol–water partition coefficient (Wildman–Crippen LogP) is 5.97. The molecule has 0 saturated heterocycles. The van der Waals surface area contributed by atoms with Gasteiger partial charge in [0.1, 0.15) is 30.9 Å². The zero-order valence-electron chi connectivity index (χ0n) is 34.5. The second kappa shape index (κ2) is 18.5. The molecule has 3 atom stereocenters. The van der Waals surface area contributed by atoms with Crippen molar-refractivity contribution in [2.45, 2.75) is 78.0 Å². The number of aliphatic hydroxyl groups is 1. The molecule has 15 heteroatoms. The minimum absolute atomic E-state index is 0.133. The van der Waals surface area contributed by atoms with E-state index >= 15 is 0 Å². The van der Waals surface area contributed by atoms with Crippen LogP contribution in [0.3, 0.4) is 0 Å². The Morgan fingerprint density at radius 2 is 1.52 bits per heavy atom. The van der Waals surface area contributed by atoms with Crippen LogP contribution < -0.4 is 35.2 Å². The smallest absolute Gasteiger partial charge is 0.414 e. The number of carbonyl (C=O) groups excluding carboxylic acids is 5. The van der Waals surface area contributed by atoms with E-state index in [1.807, 2.05) is 54.6 Å². The third-order valence-electron chi connectivity index (χ3n) is 9.97. The highest BCUT2D eigenvalue weighted by Gasteiger charge is 2.42. The fourth-order valence-corrected chi connectivity index (χ4v) is 7.01. The van der Waals surface area contributed by atoms with Crippen molar-refractivity contribution in [3.8, 4) is 11.5 Å². The van der Waals surface area contributed by atoms with Crippen molar-refractivity contribution in [1.82, 2.24) is 10.6 Å². The van der Waals surface area contributed by atoms with Gasteiger partial charge in [0, 0.05) is 17.4 Å². The summed E-state index contributed by atoms with van der Waals surface area (Å²) in [5, 5.41) is 17.7. The molecule has 0 aliphatic carbocycles. The summed E-state index contributed by atoms with van der Waals surface area (Å²) in [6.45, 7) is 8.08. The van der Waals surface area contributed by atoms with Crippen LogP contribution in [0.5, 0.6) is 11.5 Å². The molecule has 6 rings (SSSR count). The molecule has 0 fully saturated rings. The van der Waals surface area contributed by atoms with E-state index in [0.717, 1.165) is 16.8 Å². The molecule has 2 aliphatic rings. The fourth-order valence-electron chi connectivity index (χ4n) is 7.01. The summed E-state index contributed by atoms with van der Waals surface area (Å²) in [7, 11) is 1.49. The highest BCUT2D eigenvalue weighted by atomic mass is 16.6. The first kappa shape index (κ1) is 43.0. The first-order chi connectivity index (χ1) is 28.6. The van der Waals surface area contributed by atoms with Crippen molar-refractivity contribution in [3.63, 3.8) is 0 Å². The Bertz CT molecular complexity index is 2210. The molecule has 4 aromatic rings. The standard InChI is InChI=1S/C45H51N5O10/c1-27(2)39(48-43(55)60-45(3,4)5)41(53)47-34(24-51)40(52)46-31-18-16-29(17-19-31)26-59-44(56)49-23-32-20-30-14-10-11-15-35(30)50(32)42(54)33-21-37(57-6)38(22-36(33)49)58-25-28-12-8-7-9-13-28/h7-19,21-22,27,32,34,39,51H,20,23-26H2,1-6H3,(H,46,52)(H,47,53)(H,48,55)/t32-,34-,39-/m0/s1. The van der Waals surface area contributed by atoms with Crippen LogP contribution in [0.15, 0.2) is 91.0 Å². The number of ether oxygens (including phenoxy) is 4. The third-order valence-corrected chi connectivity index (χ3v) is 9.97. The quantitative estimate of drug-likeness (QED) is 0.125. The first-order valence-electron chi connectivity index (χ1n) is 19.7. The lowest BCUT2D eigenvalue weighted by Crippen LogP contribution is -2.56. The van der Waals surface area contributed by atoms with E-state index in [0.29, 0.717) is 34.9 Å². The lowest BCUT2D eigenvalue weighted by Gasteiger charge is -2.26. The van der Waals surface area contributed by atoms with E-state index in [9.17, 15) is 29.1 Å². The number of rotatable bonds is 13. The van der Waals surface area contributed by atoms with Gasteiger partial charge in [-0.15, -0.1) is 0 Å². The van der Waals surface area contributed by atoms with Gasteiger partial charge >= 0.3 is 12.2 Å². The van der Waals surface area contributed by atoms with Crippen LogP contribution in [0.4, 0.5) is 26.7 Å². The monoisotopic (exact) mass is 821 g/mol. The minimum atomic E-state index is -1.32. The predicted molar refractivity (Wildman–Crippen MR) is 224 cm³/mol. The number of para-hydroxylation sites is 1. The van der Waals surface area contributed by atoms with Gasteiger partial charge in [-0.25, -0.2) is 9.59 Å². The zero-order valence-corrected chi connectivity index (χ0v) is 34.5. The van der Waals surface area contributed by atoms with E-state index in [-0.39, 0.29) is 43.2 Å². The second-order valence-electron chi connectivity index (χ2n) is 15.9. The van der Waals surface area contributed by atoms with Gasteiger partial charge in [-0.3, -0.25) is 19.3 Å². The molecule has 60 heavy (non-hydrogen) atoms. The molecule has 5 amide bonds. The van der Waals surface area contributed by atoms with E-state index < -0.39 is 48.3 Å². The summed E-state index contributed by atoms with van der Waals surface area (Å²) in [4.78, 5) is 70.1. The number of alkyl carbamates (subject to hydrolysis) is 1. The van der Waals surface area contributed by atoms with Gasteiger partial charge in [0.15, 0.2) is 11.5 Å². The molecule has 0 radical (unpaired) electrons. The van der Waals surface area contributed by atoms with Crippen molar-refractivity contribution < 1.29 is 48.0 Å². The number of anilines is 3. The highest BCUT2D eigenvalue weighted by molar-refractivity contribution is 6.14. The molecule has 0 saturated carbocycles. The molecule has 15 nitrogen and oxygen atoms in total. The van der Waals surface area contributed by atoms with Gasteiger partial charge in [0.2, 0.25) is 11.8 Å². The Morgan fingerprint density at radius 1 is 0.833 bits per heavy atom. The summed E-state index contributed by atoms with van der Waals surface area (Å²) in [6.07, 6.45) is -0.923. The number of benzene rings is 4. The van der Waals surface area contributed by atoms with Crippen molar-refractivity contribution in [2.75, 3.05) is 35.4 Å². The number of hydrogen-bond donors (Lipinski definition) is 4. The number of amides is 5. The summed E-state index contributed by atoms with van der Waals surface area (Å²) < 4.78 is 23.0. The van der Waals surface area contributed by atoms with E-state index in [4.69, 9.17) is 18.9 Å². The molecule has 2 aliphatic heterocycles. The number of nitrogens with one attached hydrogen (secondary N) is 3. The molecule has 0 spiro atoms. The van der Waals surface area contributed by atoms with Crippen molar-refractivity contribution in [2.24, 2.45) is 5.92 Å². The molecule has 0 bridgehead atoms. The number of methoxy groups -OCH3 is 1. The highest BCUT2D eigenvalue weighted by Crippen LogP contribution is 2.43. The van der Waals surface area contributed by atoms with Crippen molar-refractivity contribution in [1.29, 1.82) is 0 Å². The average molecular weight is 822 g/mol. The Balaban J connectivity index is 1.14. The number of fused-ring (bicyclic) bond motifs is 4. The third kappa shape index (κ3) is 10.1. The Hall–Kier alpha value is -6.61. The molecule has 316 valence electrons. The minimum Gasteiger partial charge on any atom is -0.493 e. The maximum atomic E-state index is 14.3. The summed E-state index contributed by atoms with van der Waals surface area (Å²) in [5.41, 5.74) is 3.46. The van der Waals surface area contributed by atoms with Gasteiger partial charge in [-0.2, -0.15) is 0 Å². The van der Waals surface area contributed by atoms with Crippen LogP contribution in [0.25, 0.3) is 0 Å². The number of hydrogen-bond acceptors (Lipinski definition) is 10. The SMILES string of the molecule is COc1cc2c(cc1OCc1ccccc1)N(C(=O)OCc1ccc(NC(=O)[C@H](CO)NC(=O)[C@@H](NC(=O)OC(C)(C)C)C(C)C)cc1)C[C@@H]1Cc3ccccc3N1C2=O. The Labute approximate surface area is 348 Å². The van der Waals surface area contributed by atoms with Gasteiger partial charge in [0.05, 0.1) is 37.6 Å². The summed E-state index contributed by atoms with van der Waals surface area (Å²) >= 11 is 0. The number of aliphatic hydroxyl groups excluding tert-OH is 1. The van der Waals surface area contributed by atoms with Gasteiger partial charge < -0.3 is 44.9 Å².